The van der Waals surface area contributed by atoms with Crippen LogP contribution in [0.2, 0.25) is 0 Å². The molecule has 7 heteroatoms. The Balaban J connectivity index is 1.55. The summed E-state index contributed by atoms with van der Waals surface area (Å²) in [5.74, 6) is 0.839. The molecule has 7 nitrogen and oxygen atoms in total. The van der Waals surface area contributed by atoms with E-state index in [1.165, 1.54) is 0 Å². The third-order valence-electron chi connectivity index (χ3n) is 4.70. The smallest absolute Gasteiger partial charge is 0.311 e. The number of rotatable bonds is 3. The van der Waals surface area contributed by atoms with Crippen molar-refractivity contribution in [3.63, 3.8) is 0 Å². The second-order valence-corrected chi connectivity index (χ2v) is 6.70. The first-order chi connectivity index (χ1) is 11.1. The third kappa shape index (κ3) is 3.38. The van der Waals surface area contributed by atoms with Gasteiger partial charge in [0.15, 0.2) is 0 Å². The molecule has 0 unspecified atom stereocenters. The third-order valence-corrected chi connectivity index (χ3v) is 4.70. The summed E-state index contributed by atoms with van der Waals surface area (Å²) in [5, 5.41) is 7.74. The van der Waals surface area contributed by atoms with Gasteiger partial charge in [0.1, 0.15) is 0 Å². The Morgan fingerprint density at radius 2 is 1.65 bits per heavy atom. The summed E-state index contributed by atoms with van der Waals surface area (Å²) in [4.78, 5) is 28.4. The average molecular weight is 320 g/mol. The fourth-order valence-electron chi connectivity index (χ4n) is 3.25. The Morgan fingerprint density at radius 3 is 2.22 bits per heavy atom. The van der Waals surface area contributed by atoms with Gasteiger partial charge in [0.2, 0.25) is 11.8 Å². The Hall–Kier alpha value is -1.92. The van der Waals surface area contributed by atoms with Gasteiger partial charge < -0.3 is 14.2 Å². The summed E-state index contributed by atoms with van der Waals surface area (Å²) in [6.07, 6.45) is 4.34. The molecule has 1 saturated heterocycles. The second kappa shape index (κ2) is 6.68. The molecule has 1 aliphatic heterocycles. The zero-order chi connectivity index (χ0) is 16.4. The van der Waals surface area contributed by atoms with Crippen LogP contribution in [0.4, 0.5) is 0 Å². The fourth-order valence-corrected chi connectivity index (χ4v) is 3.25. The standard InChI is InChI=1S/C16H24N4O3/c1-11(2)13-17-18-14(23-13)16(22)20-9-7-19(8-10-20)15(21)12-5-3-4-6-12/h11-12H,3-10H2,1-2H3. The summed E-state index contributed by atoms with van der Waals surface area (Å²) >= 11 is 0. The molecular weight excluding hydrogens is 296 g/mol. The summed E-state index contributed by atoms with van der Waals surface area (Å²) in [6, 6.07) is 0. The van der Waals surface area contributed by atoms with Crippen LogP contribution in [-0.2, 0) is 4.79 Å². The molecule has 1 aromatic heterocycles. The number of carbonyl (C=O) groups is 2. The molecule has 2 fully saturated rings. The molecule has 0 bridgehead atoms. The minimum absolute atomic E-state index is 0.0456. The summed E-state index contributed by atoms with van der Waals surface area (Å²) < 4.78 is 5.42. The van der Waals surface area contributed by atoms with E-state index in [1.54, 1.807) is 4.90 Å². The molecule has 0 atom stereocenters. The molecule has 3 rings (SSSR count). The number of nitrogens with zero attached hydrogens (tertiary/aromatic N) is 4. The van der Waals surface area contributed by atoms with E-state index in [9.17, 15) is 9.59 Å². The molecule has 0 spiro atoms. The largest absolute Gasteiger partial charge is 0.417 e. The van der Waals surface area contributed by atoms with E-state index >= 15 is 0 Å². The van der Waals surface area contributed by atoms with Crippen molar-refractivity contribution in [1.82, 2.24) is 20.0 Å². The van der Waals surface area contributed by atoms with Gasteiger partial charge in [0.05, 0.1) is 0 Å². The Kier molecular flexibility index (Phi) is 4.63. The van der Waals surface area contributed by atoms with E-state index < -0.39 is 0 Å². The molecule has 2 amide bonds. The highest BCUT2D eigenvalue weighted by Crippen LogP contribution is 2.27. The Labute approximate surface area is 136 Å². The van der Waals surface area contributed by atoms with Crippen LogP contribution in [0.15, 0.2) is 4.42 Å². The van der Waals surface area contributed by atoms with Gasteiger partial charge in [0.25, 0.3) is 0 Å². The molecule has 1 aliphatic carbocycles. The zero-order valence-electron chi connectivity index (χ0n) is 13.8. The molecule has 0 radical (unpaired) electrons. The highest BCUT2D eigenvalue weighted by atomic mass is 16.4. The summed E-state index contributed by atoms with van der Waals surface area (Å²) in [5.41, 5.74) is 0. The molecule has 0 N–H and O–H groups in total. The van der Waals surface area contributed by atoms with Crippen LogP contribution in [0.3, 0.4) is 0 Å². The maximum absolute atomic E-state index is 12.4. The molecule has 2 heterocycles. The highest BCUT2D eigenvalue weighted by Gasteiger charge is 2.32. The van der Waals surface area contributed by atoms with Crippen molar-refractivity contribution < 1.29 is 14.0 Å². The number of hydrogen-bond donors (Lipinski definition) is 0. The van der Waals surface area contributed by atoms with Crippen LogP contribution in [-0.4, -0.2) is 58.0 Å². The number of carbonyl (C=O) groups excluding carboxylic acids is 2. The van der Waals surface area contributed by atoms with Crippen molar-refractivity contribution in [2.45, 2.75) is 45.4 Å². The number of hydrogen-bond acceptors (Lipinski definition) is 5. The molecular formula is C16H24N4O3. The topological polar surface area (TPSA) is 79.5 Å². The van der Waals surface area contributed by atoms with Gasteiger partial charge in [-0.2, -0.15) is 0 Å². The number of amides is 2. The van der Waals surface area contributed by atoms with Crippen molar-refractivity contribution in [2.24, 2.45) is 5.92 Å². The lowest BCUT2D eigenvalue weighted by atomic mass is 10.1. The van der Waals surface area contributed by atoms with E-state index in [0.717, 1.165) is 25.7 Å². The minimum atomic E-state index is -0.239. The van der Waals surface area contributed by atoms with Gasteiger partial charge in [-0.25, -0.2) is 0 Å². The maximum atomic E-state index is 12.4. The van der Waals surface area contributed by atoms with E-state index in [-0.39, 0.29) is 29.5 Å². The monoisotopic (exact) mass is 320 g/mol. The molecule has 2 aliphatic rings. The van der Waals surface area contributed by atoms with Crippen LogP contribution in [0.5, 0.6) is 0 Å². The number of aromatic nitrogens is 2. The van der Waals surface area contributed by atoms with E-state index in [4.69, 9.17) is 4.42 Å². The molecule has 0 aromatic carbocycles. The van der Waals surface area contributed by atoms with Gasteiger partial charge in [-0.05, 0) is 12.8 Å². The van der Waals surface area contributed by atoms with Crippen LogP contribution in [0, 0.1) is 5.92 Å². The maximum Gasteiger partial charge on any atom is 0.311 e. The Morgan fingerprint density at radius 1 is 1.04 bits per heavy atom. The molecule has 23 heavy (non-hydrogen) atoms. The average Bonchev–Trinajstić information content (AvgIpc) is 3.25. The molecule has 126 valence electrons. The first kappa shape index (κ1) is 16.0. The first-order valence-electron chi connectivity index (χ1n) is 8.47. The summed E-state index contributed by atoms with van der Waals surface area (Å²) in [6.45, 7) is 6.11. The minimum Gasteiger partial charge on any atom is -0.417 e. The van der Waals surface area contributed by atoms with E-state index in [1.807, 2.05) is 18.7 Å². The lowest BCUT2D eigenvalue weighted by Gasteiger charge is -2.35. The zero-order valence-corrected chi connectivity index (χ0v) is 13.8. The second-order valence-electron chi connectivity index (χ2n) is 6.70. The van der Waals surface area contributed by atoms with Gasteiger partial charge in [-0.15, -0.1) is 10.2 Å². The fraction of sp³-hybridized carbons (Fsp3) is 0.750. The lowest BCUT2D eigenvalue weighted by Crippen LogP contribution is -2.51. The quantitative estimate of drug-likeness (QED) is 0.846. The van der Waals surface area contributed by atoms with E-state index in [2.05, 4.69) is 10.2 Å². The van der Waals surface area contributed by atoms with Crippen LogP contribution >= 0.6 is 0 Å². The lowest BCUT2D eigenvalue weighted by molar-refractivity contribution is -0.136. The predicted octanol–water partition coefficient (Wildman–Crippen LogP) is 1.67. The number of piperazine rings is 1. The first-order valence-corrected chi connectivity index (χ1v) is 8.47. The van der Waals surface area contributed by atoms with Gasteiger partial charge in [0, 0.05) is 38.0 Å². The Bertz CT molecular complexity index is 570. The molecule has 1 aromatic rings. The van der Waals surface area contributed by atoms with Crippen LogP contribution in [0.1, 0.15) is 62.0 Å². The van der Waals surface area contributed by atoms with Crippen molar-refractivity contribution in [1.29, 1.82) is 0 Å². The van der Waals surface area contributed by atoms with Crippen LogP contribution in [0.25, 0.3) is 0 Å². The predicted molar refractivity (Wildman–Crippen MR) is 82.8 cm³/mol. The highest BCUT2D eigenvalue weighted by molar-refractivity contribution is 5.89. The molecule has 1 saturated carbocycles. The normalized spacial score (nSPS) is 19.6. The van der Waals surface area contributed by atoms with Crippen molar-refractivity contribution in [3.05, 3.63) is 11.8 Å². The van der Waals surface area contributed by atoms with Gasteiger partial charge >= 0.3 is 11.8 Å². The van der Waals surface area contributed by atoms with E-state index in [0.29, 0.717) is 32.1 Å². The van der Waals surface area contributed by atoms with Crippen molar-refractivity contribution in [2.75, 3.05) is 26.2 Å². The van der Waals surface area contributed by atoms with Crippen molar-refractivity contribution >= 4 is 11.8 Å². The summed E-state index contributed by atoms with van der Waals surface area (Å²) in [7, 11) is 0. The SMILES string of the molecule is CC(C)c1nnc(C(=O)N2CCN(C(=O)C3CCCC3)CC2)o1. The van der Waals surface area contributed by atoms with Gasteiger partial charge in [-0.1, -0.05) is 26.7 Å². The van der Waals surface area contributed by atoms with Crippen molar-refractivity contribution in [3.8, 4) is 0 Å². The van der Waals surface area contributed by atoms with Gasteiger partial charge in [-0.3, -0.25) is 9.59 Å². The van der Waals surface area contributed by atoms with Crippen LogP contribution < -0.4 is 0 Å².